The third-order valence-corrected chi connectivity index (χ3v) is 4.66. The van der Waals surface area contributed by atoms with Gasteiger partial charge in [0.25, 0.3) is 11.8 Å². The van der Waals surface area contributed by atoms with Crippen LogP contribution in [0.25, 0.3) is 0 Å². The minimum Gasteiger partial charge on any atom is -0.448 e. The Labute approximate surface area is 160 Å². The molecule has 1 atom stereocenters. The summed E-state index contributed by atoms with van der Waals surface area (Å²) in [6, 6.07) is 14.6. The van der Waals surface area contributed by atoms with Crippen LogP contribution in [0.4, 0.5) is 4.79 Å². The predicted molar refractivity (Wildman–Crippen MR) is 94.9 cm³/mol. The number of carbonyl (C=O) groups excluding carboxylic acids is 4. The van der Waals surface area contributed by atoms with E-state index in [9.17, 15) is 19.2 Å². The van der Waals surface area contributed by atoms with Crippen LogP contribution in [-0.2, 0) is 14.4 Å². The first-order valence-corrected chi connectivity index (χ1v) is 8.73. The smallest absolute Gasteiger partial charge is 0.410 e. The lowest BCUT2D eigenvalue weighted by atomic mass is 10.0. The van der Waals surface area contributed by atoms with Gasteiger partial charge in [0.1, 0.15) is 6.61 Å². The first kappa shape index (κ1) is 17.7. The number of cyclic esters (lactones) is 1. The van der Waals surface area contributed by atoms with Crippen LogP contribution in [0.1, 0.15) is 38.7 Å². The average Bonchev–Trinajstić information content (AvgIpc) is 3.24. The third-order valence-electron chi connectivity index (χ3n) is 4.66. The summed E-state index contributed by atoms with van der Waals surface area (Å²) in [6.45, 7) is 0.564. The standard InChI is InChI=1S/C20H16N2O6/c23-17(28-22-18(24)14-8-4-5-9-15(14)19(22)25)12-16(13-6-2-1-3-7-13)21-10-11-27-20(21)26/h1-9,16H,10-12H2. The third kappa shape index (κ3) is 3.09. The topological polar surface area (TPSA) is 93.2 Å². The normalized spacial score (nSPS) is 16.8. The molecule has 2 aliphatic heterocycles. The number of hydroxylamine groups is 2. The highest BCUT2D eigenvalue weighted by Gasteiger charge is 2.40. The Morgan fingerprint density at radius 3 is 2.14 bits per heavy atom. The molecule has 1 fully saturated rings. The molecule has 8 nitrogen and oxygen atoms in total. The molecule has 0 N–H and O–H groups in total. The molecule has 0 aromatic heterocycles. The van der Waals surface area contributed by atoms with Crippen molar-refractivity contribution in [1.82, 2.24) is 9.96 Å². The van der Waals surface area contributed by atoms with E-state index in [0.29, 0.717) is 11.6 Å². The second kappa shape index (κ2) is 7.15. The van der Waals surface area contributed by atoms with Crippen LogP contribution in [-0.4, -0.2) is 47.0 Å². The second-order valence-electron chi connectivity index (χ2n) is 6.35. The second-order valence-corrected chi connectivity index (χ2v) is 6.35. The van der Waals surface area contributed by atoms with Gasteiger partial charge in [-0.2, -0.15) is 0 Å². The number of rotatable bonds is 5. The Bertz CT molecular complexity index is 923. The van der Waals surface area contributed by atoms with Crippen molar-refractivity contribution >= 4 is 23.9 Å². The summed E-state index contributed by atoms with van der Waals surface area (Å²) in [6.07, 6.45) is -0.755. The largest absolute Gasteiger partial charge is 0.448 e. The Hall–Kier alpha value is -3.68. The van der Waals surface area contributed by atoms with Crippen molar-refractivity contribution in [2.24, 2.45) is 0 Å². The van der Waals surface area contributed by atoms with Crippen molar-refractivity contribution in [3.8, 4) is 0 Å². The average molecular weight is 380 g/mol. The number of amides is 3. The van der Waals surface area contributed by atoms with Gasteiger partial charge >= 0.3 is 12.1 Å². The highest BCUT2D eigenvalue weighted by atomic mass is 16.7. The summed E-state index contributed by atoms with van der Waals surface area (Å²) in [5.74, 6) is -2.18. The number of imide groups is 1. The molecular weight excluding hydrogens is 364 g/mol. The predicted octanol–water partition coefficient (Wildman–Crippen LogP) is 2.32. The summed E-state index contributed by atoms with van der Waals surface area (Å²) >= 11 is 0. The van der Waals surface area contributed by atoms with Gasteiger partial charge in [-0.1, -0.05) is 47.5 Å². The Balaban J connectivity index is 1.52. The number of fused-ring (bicyclic) bond motifs is 1. The van der Waals surface area contributed by atoms with Gasteiger partial charge < -0.3 is 9.57 Å². The molecule has 8 heteroatoms. The molecule has 0 aliphatic carbocycles. The summed E-state index contributed by atoms with van der Waals surface area (Å²) in [5, 5.41) is 0.470. The lowest BCUT2D eigenvalue weighted by Gasteiger charge is -2.25. The van der Waals surface area contributed by atoms with Gasteiger partial charge in [-0.3, -0.25) is 14.5 Å². The van der Waals surface area contributed by atoms with Gasteiger partial charge in [-0.15, -0.1) is 0 Å². The molecule has 2 heterocycles. The van der Waals surface area contributed by atoms with Crippen molar-refractivity contribution in [3.05, 3.63) is 71.3 Å². The Morgan fingerprint density at radius 1 is 0.964 bits per heavy atom. The molecule has 1 saturated heterocycles. The molecule has 2 aromatic carbocycles. The van der Waals surface area contributed by atoms with Crippen molar-refractivity contribution in [2.45, 2.75) is 12.5 Å². The zero-order chi connectivity index (χ0) is 19.7. The van der Waals surface area contributed by atoms with Crippen molar-refractivity contribution in [3.63, 3.8) is 0 Å². The van der Waals surface area contributed by atoms with E-state index in [4.69, 9.17) is 9.57 Å². The highest BCUT2D eigenvalue weighted by Crippen LogP contribution is 2.29. The van der Waals surface area contributed by atoms with E-state index in [1.165, 1.54) is 17.0 Å². The lowest BCUT2D eigenvalue weighted by Crippen LogP contribution is -2.36. The van der Waals surface area contributed by atoms with E-state index in [0.717, 1.165) is 5.56 Å². The van der Waals surface area contributed by atoms with Gasteiger partial charge in [0.2, 0.25) is 0 Å². The van der Waals surface area contributed by atoms with E-state index in [2.05, 4.69) is 0 Å². The molecule has 2 aromatic rings. The number of carbonyl (C=O) groups is 4. The van der Waals surface area contributed by atoms with E-state index in [-0.39, 0.29) is 24.2 Å². The maximum atomic E-state index is 12.5. The highest BCUT2D eigenvalue weighted by molar-refractivity contribution is 6.20. The lowest BCUT2D eigenvalue weighted by molar-refractivity contribution is -0.169. The zero-order valence-electron chi connectivity index (χ0n) is 14.7. The molecule has 0 bridgehead atoms. The van der Waals surface area contributed by atoms with E-state index >= 15 is 0 Å². The van der Waals surface area contributed by atoms with Gasteiger partial charge in [0.15, 0.2) is 0 Å². The van der Waals surface area contributed by atoms with E-state index in [1.807, 2.05) is 6.07 Å². The first-order valence-electron chi connectivity index (χ1n) is 8.73. The number of hydrogen-bond acceptors (Lipinski definition) is 6. The molecular formula is C20H16N2O6. The van der Waals surface area contributed by atoms with Crippen LogP contribution in [0.3, 0.4) is 0 Å². The summed E-state index contributed by atoms with van der Waals surface area (Å²) in [7, 11) is 0. The van der Waals surface area contributed by atoms with Crippen LogP contribution < -0.4 is 0 Å². The Kier molecular flexibility index (Phi) is 4.52. The number of hydrogen-bond donors (Lipinski definition) is 0. The summed E-state index contributed by atoms with van der Waals surface area (Å²) in [5.41, 5.74) is 1.09. The van der Waals surface area contributed by atoms with E-state index in [1.54, 1.807) is 36.4 Å². The monoisotopic (exact) mass is 380 g/mol. The molecule has 2 aliphatic rings. The van der Waals surface area contributed by atoms with Gasteiger partial charge in [0, 0.05) is 0 Å². The molecule has 142 valence electrons. The Morgan fingerprint density at radius 2 is 1.57 bits per heavy atom. The van der Waals surface area contributed by atoms with Crippen LogP contribution in [0, 0.1) is 0 Å². The van der Waals surface area contributed by atoms with Gasteiger partial charge in [-0.05, 0) is 17.7 Å². The van der Waals surface area contributed by atoms with Crippen LogP contribution in [0.2, 0.25) is 0 Å². The van der Waals surface area contributed by atoms with Crippen molar-refractivity contribution in [2.75, 3.05) is 13.2 Å². The maximum Gasteiger partial charge on any atom is 0.410 e. The number of nitrogens with zero attached hydrogens (tertiary/aromatic N) is 2. The minimum atomic E-state index is -0.803. The van der Waals surface area contributed by atoms with Crippen LogP contribution in [0.15, 0.2) is 54.6 Å². The molecule has 1 unspecified atom stereocenters. The molecule has 0 radical (unpaired) electrons. The fourth-order valence-corrected chi connectivity index (χ4v) is 3.32. The van der Waals surface area contributed by atoms with Crippen molar-refractivity contribution < 1.29 is 28.8 Å². The molecule has 3 amide bonds. The first-order chi connectivity index (χ1) is 13.6. The SMILES string of the molecule is O=C(CC(c1ccccc1)N1CCOC1=O)ON1C(=O)c2ccccc2C1=O. The number of ether oxygens (including phenoxy) is 1. The maximum absolute atomic E-state index is 12.5. The molecule has 28 heavy (non-hydrogen) atoms. The van der Waals surface area contributed by atoms with Gasteiger partial charge in [0.05, 0.1) is 30.1 Å². The molecule has 0 saturated carbocycles. The molecule has 0 spiro atoms. The summed E-state index contributed by atoms with van der Waals surface area (Å²) in [4.78, 5) is 55.8. The van der Waals surface area contributed by atoms with Crippen LogP contribution >= 0.6 is 0 Å². The fraction of sp³-hybridized carbons (Fsp3) is 0.200. The number of benzene rings is 2. The minimum absolute atomic E-state index is 0.183. The van der Waals surface area contributed by atoms with E-state index < -0.39 is 29.9 Å². The quantitative estimate of drug-likeness (QED) is 0.739. The summed E-state index contributed by atoms with van der Waals surface area (Å²) < 4.78 is 4.98. The van der Waals surface area contributed by atoms with Crippen LogP contribution in [0.5, 0.6) is 0 Å². The van der Waals surface area contributed by atoms with Crippen molar-refractivity contribution in [1.29, 1.82) is 0 Å². The molecule has 4 rings (SSSR count). The zero-order valence-corrected chi connectivity index (χ0v) is 14.7. The van der Waals surface area contributed by atoms with Gasteiger partial charge in [-0.25, -0.2) is 9.59 Å². The fourth-order valence-electron chi connectivity index (χ4n) is 3.32.